The number of aromatic nitrogens is 2. The van der Waals surface area contributed by atoms with Gasteiger partial charge in [-0.1, -0.05) is 34.8 Å². The van der Waals surface area contributed by atoms with Crippen molar-refractivity contribution >= 4 is 46.5 Å². The van der Waals surface area contributed by atoms with Crippen molar-refractivity contribution in [2.45, 2.75) is 13.1 Å². The lowest BCUT2D eigenvalue weighted by Gasteiger charge is -2.14. The lowest BCUT2D eigenvalue weighted by atomic mass is 10.2. The Kier molecular flexibility index (Phi) is 4.60. The normalized spacial score (nSPS) is 11.6. The molecular weight excluding hydrogens is 366 g/mol. The van der Waals surface area contributed by atoms with Crippen LogP contribution in [0, 0.1) is 0 Å². The fourth-order valence-electron chi connectivity index (χ4n) is 1.70. The number of hydrogen-bond acceptors (Lipinski definition) is 2. The maximum absolute atomic E-state index is 12.8. The first-order chi connectivity index (χ1) is 10.1. The lowest BCUT2D eigenvalue weighted by molar-refractivity contribution is -0.137. The van der Waals surface area contributed by atoms with Gasteiger partial charge in [-0.2, -0.15) is 13.2 Å². The van der Waals surface area contributed by atoms with Gasteiger partial charge >= 0.3 is 6.18 Å². The molecule has 2 rings (SSSR count). The summed E-state index contributed by atoms with van der Waals surface area (Å²) in [6.07, 6.45) is -3.31. The van der Waals surface area contributed by atoms with Crippen LogP contribution in [-0.2, 0) is 11.0 Å². The average Bonchev–Trinajstić information content (AvgIpc) is 2.80. The molecule has 0 saturated heterocycles. The number of hydrogen-bond donors (Lipinski definition) is 1. The molecule has 0 radical (unpaired) electrons. The Morgan fingerprint density at radius 1 is 1.27 bits per heavy atom. The Bertz CT molecular complexity index is 743. The van der Waals surface area contributed by atoms with Crippen LogP contribution in [-0.4, -0.2) is 15.7 Å². The highest BCUT2D eigenvalue weighted by atomic mass is 35.5. The molecule has 0 atom stereocenters. The fourth-order valence-corrected chi connectivity index (χ4v) is 2.58. The number of anilines is 1. The Balaban J connectivity index is 2.55. The molecule has 0 aliphatic heterocycles. The van der Waals surface area contributed by atoms with E-state index in [0.29, 0.717) is 6.07 Å². The smallest absolute Gasteiger partial charge is 0.309 e. The summed E-state index contributed by atoms with van der Waals surface area (Å²) in [7, 11) is 0. The minimum Gasteiger partial charge on any atom is -0.309 e. The topological polar surface area (TPSA) is 46.9 Å². The third-order valence-electron chi connectivity index (χ3n) is 2.56. The standard InChI is InChI=1S/C12H7Cl3F3N3O/c1-5(22)19-8-2-3-21(20-8)11-7(13)4-6(12(16,17)18)9(14)10(11)15/h2-4H,1H3,(H,19,20,22). The van der Waals surface area contributed by atoms with E-state index in [4.69, 9.17) is 34.8 Å². The lowest BCUT2D eigenvalue weighted by Crippen LogP contribution is -2.09. The maximum Gasteiger partial charge on any atom is 0.417 e. The van der Waals surface area contributed by atoms with Crippen LogP contribution >= 0.6 is 34.8 Å². The first-order valence-electron chi connectivity index (χ1n) is 5.69. The van der Waals surface area contributed by atoms with Crippen molar-refractivity contribution in [3.8, 4) is 5.69 Å². The molecule has 0 spiro atoms. The van der Waals surface area contributed by atoms with Crippen molar-refractivity contribution in [3.05, 3.63) is 39.0 Å². The van der Waals surface area contributed by atoms with E-state index in [-0.39, 0.29) is 27.5 Å². The van der Waals surface area contributed by atoms with Gasteiger partial charge in [0.1, 0.15) is 5.69 Å². The molecule has 0 fully saturated rings. The number of amides is 1. The number of alkyl halides is 3. The van der Waals surface area contributed by atoms with Gasteiger partial charge in [0.2, 0.25) is 5.91 Å². The van der Waals surface area contributed by atoms with Crippen LogP contribution in [0.1, 0.15) is 12.5 Å². The molecule has 0 bridgehead atoms. The number of benzene rings is 1. The molecule has 0 aliphatic carbocycles. The van der Waals surface area contributed by atoms with Gasteiger partial charge in [0.15, 0.2) is 5.82 Å². The van der Waals surface area contributed by atoms with E-state index >= 15 is 0 Å². The second kappa shape index (κ2) is 5.98. The van der Waals surface area contributed by atoms with Gasteiger partial charge in [-0.15, -0.1) is 5.10 Å². The van der Waals surface area contributed by atoms with E-state index in [2.05, 4.69) is 10.4 Å². The van der Waals surface area contributed by atoms with Crippen LogP contribution in [0.2, 0.25) is 15.1 Å². The largest absolute Gasteiger partial charge is 0.417 e. The second-order valence-corrected chi connectivity index (χ2v) is 5.37. The number of carbonyl (C=O) groups excluding carboxylic acids is 1. The van der Waals surface area contributed by atoms with Crippen molar-refractivity contribution in [3.63, 3.8) is 0 Å². The zero-order chi connectivity index (χ0) is 16.7. The summed E-state index contributed by atoms with van der Waals surface area (Å²) in [6.45, 7) is 1.29. The summed E-state index contributed by atoms with van der Waals surface area (Å²) in [5, 5.41) is 5.02. The summed E-state index contributed by atoms with van der Waals surface area (Å²) in [6, 6.07) is 2.10. The second-order valence-electron chi connectivity index (χ2n) is 4.21. The summed E-state index contributed by atoms with van der Waals surface area (Å²) in [4.78, 5) is 10.9. The monoisotopic (exact) mass is 371 g/mol. The van der Waals surface area contributed by atoms with Crippen LogP contribution in [0.4, 0.5) is 19.0 Å². The molecule has 2 aromatic rings. The summed E-state index contributed by atoms with van der Waals surface area (Å²) >= 11 is 17.4. The van der Waals surface area contributed by atoms with Gasteiger partial charge in [-0.3, -0.25) is 4.79 Å². The van der Waals surface area contributed by atoms with E-state index in [1.807, 2.05) is 0 Å². The zero-order valence-corrected chi connectivity index (χ0v) is 13.1. The van der Waals surface area contributed by atoms with Crippen LogP contribution in [0.3, 0.4) is 0 Å². The van der Waals surface area contributed by atoms with Crippen molar-refractivity contribution in [2.24, 2.45) is 0 Å². The van der Waals surface area contributed by atoms with Crippen molar-refractivity contribution < 1.29 is 18.0 Å². The highest BCUT2D eigenvalue weighted by molar-refractivity contribution is 6.45. The van der Waals surface area contributed by atoms with E-state index in [1.165, 1.54) is 19.2 Å². The van der Waals surface area contributed by atoms with Crippen molar-refractivity contribution in [1.82, 2.24) is 9.78 Å². The average molecular weight is 373 g/mol. The molecule has 22 heavy (non-hydrogen) atoms. The number of nitrogens with one attached hydrogen (secondary N) is 1. The molecule has 0 saturated carbocycles. The minimum absolute atomic E-state index is 0.0158. The molecular formula is C12H7Cl3F3N3O. The third-order valence-corrected chi connectivity index (χ3v) is 3.71. The molecule has 1 aromatic carbocycles. The van der Waals surface area contributed by atoms with Crippen molar-refractivity contribution in [1.29, 1.82) is 0 Å². The summed E-state index contributed by atoms with van der Waals surface area (Å²) < 4.78 is 39.6. The first kappa shape index (κ1) is 16.9. The highest BCUT2D eigenvalue weighted by Gasteiger charge is 2.36. The fraction of sp³-hybridized carbons (Fsp3) is 0.167. The molecule has 0 aliphatic rings. The van der Waals surface area contributed by atoms with Crippen LogP contribution in [0.15, 0.2) is 18.3 Å². The number of halogens is 6. The Morgan fingerprint density at radius 3 is 2.45 bits per heavy atom. The quantitative estimate of drug-likeness (QED) is 0.769. The molecule has 4 nitrogen and oxygen atoms in total. The Labute approximate surface area is 137 Å². The van der Waals surface area contributed by atoms with Crippen molar-refractivity contribution in [2.75, 3.05) is 5.32 Å². The van der Waals surface area contributed by atoms with Crippen LogP contribution in [0.5, 0.6) is 0 Å². The SMILES string of the molecule is CC(=O)Nc1ccn(-c2c(Cl)cc(C(F)(F)F)c(Cl)c2Cl)n1. The minimum atomic E-state index is -4.69. The van der Waals surface area contributed by atoms with E-state index < -0.39 is 16.8 Å². The molecule has 1 amide bonds. The number of carbonyl (C=O) groups is 1. The molecule has 1 N–H and O–H groups in total. The van der Waals surface area contributed by atoms with Crippen LogP contribution < -0.4 is 5.32 Å². The molecule has 1 aromatic heterocycles. The third kappa shape index (κ3) is 3.31. The zero-order valence-electron chi connectivity index (χ0n) is 10.8. The predicted molar refractivity (Wildman–Crippen MR) is 77.9 cm³/mol. The van der Waals surface area contributed by atoms with Gasteiger partial charge < -0.3 is 5.32 Å². The Morgan fingerprint density at radius 2 is 1.91 bits per heavy atom. The highest BCUT2D eigenvalue weighted by Crippen LogP contribution is 2.43. The molecule has 118 valence electrons. The maximum atomic E-state index is 12.8. The Hall–Kier alpha value is -1.44. The van der Waals surface area contributed by atoms with E-state index in [9.17, 15) is 18.0 Å². The van der Waals surface area contributed by atoms with E-state index in [1.54, 1.807) is 0 Å². The van der Waals surface area contributed by atoms with Gasteiger partial charge in [-0.25, -0.2) is 4.68 Å². The van der Waals surface area contributed by atoms with Gasteiger partial charge in [0.25, 0.3) is 0 Å². The first-order valence-corrected chi connectivity index (χ1v) is 6.83. The van der Waals surface area contributed by atoms with Gasteiger partial charge in [0.05, 0.1) is 20.6 Å². The molecule has 0 unspecified atom stereocenters. The van der Waals surface area contributed by atoms with E-state index in [0.717, 1.165) is 4.68 Å². The molecule has 1 heterocycles. The number of nitrogens with zero attached hydrogens (tertiary/aromatic N) is 2. The summed E-state index contributed by atoms with van der Waals surface area (Å²) in [5.74, 6) is -0.163. The molecule has 10 heteroatoms. The number of rotatable bonds is 2. The predicted octanol–water partition coefficient (Wildman–Crippen LogP) is 4.81. The van der Waals surface area contributed by atoms with Crippen LogP contribution in [0.25, 0.3) is 5.69 Å². The van der Waals surface area contributed by atoms with Gasteiger partial charge in [-0.05, 0) is 6.07 Å². The van der Waals surface area contributed by atoms with Gasteiger partial charge in [0, 0.05) is 19.2 Å². The summed E-state index contributed by atoms with van der Waals surface area (Å²) in [5.41, 5.74) is -1.15.